The number of nitrogens with zero attached hydrogens (tertiary/aromatic N) is 2. The van der Waals surface area contributed by atoms with Crippen molar-refractivity contribution in [1.29, 1.82) is 0 Å². The van der Waals surface area contributed by atoms with Gasteiger partial charge in [-0.25, -0.2) is 5.10 Å². The number of aromatic amines is 1. The van der Waals surface area contributed by atoms with Crippen molar-refractivity contribution >= 4 is 50.7 Å². The van der Waals surface area contributed by atoms with E-state index in [0.717, 1.165) is 10.6 Å². The second-order valence-corrected chi connectivity index (χ2v) is 8.58. The first kappa shape index (κ1) is 23.3. The number of ether oxygens (including phenoxy) is 3. The van der Waals surface area contributed by atoms with Gasteiger partial charge in [-0.2, -0.15) is 0 Å². The van der Waals surface area contributed by atoms with Crippen molar-refractivity contribution in [3.8, 4) is 17.4 Å². The fraction of sp³-hybridized carbons (Fsp3) is 0.238. The number of aromatic nitrogens is 2. The average molecular weight is 527 g/mol. The van der Waals surface area contributed by atoms with Crippen molar-refractivity contribution in [2.24, 2.45) is 0 Å². The van der Waals surface area contributed by atoms with Crippen LogP contribution >= 0.6 is 39.3 Å². The SMILES string of the molecule is COc1ccc(N(C)c2c(OCCSc3ccccc3Cl)n[nH]c(=O)c2Br)cc1OC. The van der Waals surface area contributed by atoms with Crippen LogP contribution in [-0.4, -0.2) is 43.8 Å². The molecule has 7 nitrogen and oxygen atoms in total. The topological polar surface area (TPSA) is 76.7 Å². The van der Waals surface area contributed by atoms with Crippen LogP contribution in [0.5, 0.6) is 17.4 Å². The molecule has 0 amide bonds. The number of hydrogen-bond acceptors (Lipinski definition) is 7. The Kier molecular flexibility index (Phi) is 8.11. The second kappa shape index (κ2) is 10.8. The lowest BCUT2D eigenvalue weighted by Crippen LogP contribution is -2.20. The second-order valence-electron chi connectivity index (χ2n) is 6.25. The van der Waals surface area contributed by atoms with Gasteiger partial charge in [0.25, 0.3) is 11.4 Å². The van der Waals surface area contributed by atoms with E-state index in [1.165, 1.54) is 0 Å². The molecule has 10 heteroatoms. The van der Waals surface area contributed by atoms with Crippen LogP contribution in [0.1, 0.15) is 0 Å². The summed E-state index contributed by atoms with van der Waals surface area (Å²) < 4.78 is 16.9. The summed E-state index contributed by atoms with van der Waals surface area (Å²) in [6, 6.07) is 13.1. The zero-order chi connectivity index (χ0) is 22.4. The van der Waals surface area contributed by atoms with Gasteiger partial charge in [0.05, 0.1) is 25.8 Å². The molecule has 0 aliphatic heterocycles. The normalized spacial score (nSPS) is 10.6. The molecule has 0 aliphatic rings. The van der Waals surface area contributed by atoms with Crippen LogP contribution in [0.15, 0.2) is 56.6 Å². The Balaban J connectivity index is 1.81. The average Bonchev–Trinajstić information content (AvgIpc) is 2.79. The van der Waals surface area contributed by atoms with Gasteiger partial charge in [-0.3, -0.25) is 4.79 Å². The number of methoxy groups -OCH3 is 2. The van der Waals surface area contributed by atoms with Gasteiger partial charge in [-0.1, -0.05) is 23.7 Å². The summed E-state index contributed by atoms with van der Waals surface area (Å²) in [5.74, 6) is 2.13. The molecule has 0 unspecified atom stereocenters. The maximum atomic E-state index is 12.2. The van der Waals surface area contributed by atoms with Crippen molar-refractivity contribution in [3.63, 3.8) is 0 Å². The van der Waals surface area contributed by atoms with E-state index < -0.39 is 0 Å². The van der Waals surface area contributed by atoms with Gasteiger partial charge in [0.2, 0.25) is 0 Å². The minimum atomic E-state index is -0.361. The van der Waals surface area contributed by atoms with Crippen LogP contribution in [0.3, 0.4) is 0 Å². The van der Waals surface area contributed by atoms with Gasteiger partial charge in [0.15, 0.2) is 11.5 Å². The number of benzene rings is 2. The van der Waals surface area contributed by atoms with Crippen LogP contribution in [0, 0.1) is 0 Å². The molecule has 0 bridgehead atoms. The minimum Gasteiger partial charge on any atom is -0.493 e. The summed E-state index contributed by atoms with van der Waals surface area (Å²) in [6.45, 7) is 0.369. The molecular weight excluding hydrogens is 506 g/mol. The quantitative estimate of drug-likeness (QED) is 0.305. The summed E-state index contributed by atoms with van der Waals surface area (Å²) in [6.07, 6.45) is 0. The molecule has 31 heavy (non-hydrogen) atoms. The molecule has 0 fully saturated rings. The van der Waals surface area contributed by atoms with Gasteiger partial charge >= 0.3 is 0 Å². The third-order valence-corrected chi connectivity index (χ3v) is 6.59. The minimum absolute atomic E-state index is 0.295. The summed E-state index contributed by atoms with van der Waals surface area (Å²) in [7, 11) is 4.95. The van der Waals surface area contributed by atoms with E-state index in [4.69, 9.17) is 25.8 Å². The number of halogens is 2. The van der Waals surface area contributed by atoms with Crippen LogP contribution < -0.4 is 24.7 Å². The summed E-state index contributed by atoms with van der Waals surface area (Å²) in [4.78, 5) is 15.0. The van der Waals surface area contributed by atoms with Crippen LogP contribution in [-0.2, 0) is 0 Å². The summed E-state index contributed by atoms with van der Waals surface area (Å²) in [5.41, 5.74) is 0.903. The molecule has 0 aliphatic carbocycles. The molecule has 1 heterocycles. The predicted molar refractivity (Wildman–Crippen MR) is 128 cm³/mol. The maximum absolute atomic E-state index is 12.2. The molecular formula is C21H21BrClN3O4S. The first-order valence-electron chi connectivity index (χ1n) is 9.20. The zero-order valence-corrected chi connectivity index (χ0v) is 20.3. The van der Waals surface area contributed by atoms with Gasteiger partial charge in [0, 0.05) is 29.4 Å². The largest absolute Gasteiger partial charge is 0.493 e. The van der Waals surface area contributed by atoms with Crippen LogP contribution in [0.4, 0.5) is 11.4 Å². The van der Waals surface area contributed by atoms with Crippen LogP contribution in [0.25, 0.3) is 0 Å². The maximum Gasteiger partial charge on any atom is 0.280 e. The van der Waals surface area contributed by atoms with Gasteiger partial charge < -0.3 is 19.1 Å². The van der Waals surface area contributed by atoms with E-state index in [2.05, 4.69) is 26.1 Å². The van der Waals surface area contributed by atoms with Crippen molar-refractivity contribution in [1.82, 2.24) is 10.2 Å². The molecule has 3 aromatic rings. The Morgan fingerprint density at radius 2 is 1.90 bits per heavy atom. The highest BCUT2D eigenvalue weighted by molar-refractivity contribution is 9.10. The summed E-state index contributed by atoms with van der Waals surface area (Å²) in [5, 5.41) is 7.25. The monoisotopic (exact) mass is 525 g/mol. The van der Waals surface area contributed by atoms with E-state index in [-0.39, 0.29) is 5.56 Å². The third-order valence-electron chi connectivity index (χ3n) is 4.37. The number of hydrogen-bond donors (Lipinski definition) is 1. The number of H-pyrrole nitrogens is 1. The van der Waals surface area contributed by atoms with Crippen molar-refractivity contribution < 1.29 is 14.2 Å². The van der Waals surface area contributed by atoms with E-state index in [0.29, 0.717) is 44.9 Å². The highest BCUT2D eigenvalue weighted by Crippen LogP contribution is 2.39. The molecule has 164 valence electrons. The number of thioether (sulfide) groups is 1. The number of rotatable bonds is 9. The molecule has 0 spiro atoms. The molecule has 0 radical (unpaired) electrons. The van der Waals surface area contributed by atoms with Gasteiger partial charge in [-0.15, -0.1) is 16.9 Å². The first-order valence-corrected chi connectivity index (χ1v) is 11.4. The lowest BCUT2D eigenvalue weighted by Gasteiger charge is -2.23. The van der Waals surface area contributed by atoms with E-state index in [1.807, 2.05) is 43.4 Å². The Bertz CT molecular complexity index is 1110. The molecule has 1 N–H and O–H groups in total. The highest BCUT2D eigenvalue weighted by atomic mass is 79.9. The Morgan fingerprint density at radius 3 is 2.61 bits per heavy atom. The van der Waals surface area contributed by atoms with E-state index in [1.54, 1.807) is 36.9 Å². The fourth-order valence-corrected chi connectivity index (χ4v) is 4.40. The smallest absolute Gasteiger partial charge is 0.280 e. The Labute approximate surface area is 197 Å². The van der Waals surface area contributed by atoms with E-state index in [9.17, 15) is 4.79 Å². The van der Waals surface area contributed by atoms with Gasteiger partial charge in [-0.05, 0) is 40.2 Å². The van der Waals surface area contributed by atoms with Crippen molar-refractivity contribution in [2.75, 3.05) is 38.5 Å². The zero-order valence-electron chi connectivity index (χ0n) is 17.1. The lowest BCUT2D eigenvalue weighted by atomic mass is 10.2. The Hall–Kier alpha value is -2.36. The number of nitrogens with one attached hydrogen (secondary N) is 1. The predicted octanol–water partition coefficient (Wildman–Crippen LogP) is 5.14. The molecule has 0 saturated heterocycles. The molecule has 2 aromatic carbocycles. The molecule has 0 atom stereocenters. The first-order chi connectivity index (χ1) is 15.0. The Morgan fingerprint density at radius 1 is 1.16 bits per heavy atom. The highest BCUT2D eigenvalue weighted by Gasteiger charge is 2.20. The van der Waals surface area contributed by atoms with Crippen LogP contribution in [0.2, 0.25) is 5.02 Å². The number of anilines is 2. The van der Waals surface area contributed by atoms with Gasteiger partial charge in [0.1, 0.15) is 10.2 Å². The molecule has 1 aromatic heterocycles. The van der Waals surface area contributed by atoms with Crippen molar-refractivity contribution in [2.45, 2.75) is 4.90 Å². The van der Waals surface area contributed by atoms with E-state index >= 15 is 0 Å². The van der Waals surface area contributed by atoms with Crippen molar-refractivity contribution in [3.05, 3.63) is 62.3 Å². The molecule has 3 rings (SSSR count). The third kappa shape index (κ3) is 5.47. The summed E-state index contributed by atoms with van der Waals surface area (Å²) >= 11 is 11.1. The molecule has 0 saturated carbocycles. The standard InChI is InChI=1S/C21H21BrClN3O4S/c1-26(13-8-9-15(28-2)16(12-13)29-3)19-18(22)20(27)24-25-21(19)30-10-11-31-17-7-5-4-6-14(17)23/h4-9,12H,10-11H2,1-3H3,(H,24,27). The lowest BCUT2D eigenvalue weighted by molar-refractivity contribution is 0.326. The fourth-order valence-electron chi connectivity index (χ4n) is 2.81.